The van der Waals surface area contributed by atoms with E-state index in [4.69, 9.17) is 4.42 Å². The van der Waals surface area contributed by atoms with Crippen LogP contribution >= 0.6 is 15.9 Å². The average Bonchev–Trinajstić information content (AvgIpc) is 2.97. The predicted octanol–water partition coefficient (Wildman–Crippen LogP) is 3.42. The van der Waals surface area contributed by atoms with Crippen LogP contribution in [0.5, 0.6) is 0 Å². The van der Waals surface area contributed by atoms with Crippen molar-refractivity contribution in [3.05, 3.63) is 40.0 Å². The second kappa shape index (κ2) is 5.71. The maximum Gasteiger partial charge on any atom is 0.120 e. The van der Waals surface area contributed by atoms with E-state index >= 15 is 0 Å². The second-order valence-electron chi connectivity index (χ2n) is 4.28. The van der Waals surface area contributed by atoms with Crippen molar-refractivity contribution in [3.8, 4) is 0 Å². The fraction of sp³-hybridized carbons (Fsp3) is 0.462. The van der Waals surface area contributed by atoms with Gasteiger partial charge in [0.2, 0.25) is 0 Å². The lowest BCUT2D eigenvalue weighted by Crippen LogP contribution is -2.20. The summed E-state index contributed by atoms with van der Waals surface area (Å²) in [4.78, 5) is 0. The van der Waals surface area contributed by atoms with Gasteiger partial charge < -0.3 is 9.73 Å². The van der Waals surface area contributed by atoms with Gasteiger partial charge in [-0.15, -0.1) is 0 Å². The summed E-state index contributed by atoms with van der Waals surface area (Å²) >= 11 is 3.59. The third-order valence-corrected chi connectivity index (χ3v) is 4.03. The zero-order valence-corrected chi connectivity index (χ0v) is 12.5. The van der Waals surface area contributed by atoms with Crippen molar-refractivity contribution < 1.29 is 4.42 Å². The van der Waals surface area contributed by atoms with Crippen molar-refractivity contribution in [2.45, 2.75) is 39.9 Å². The third-order valence-electron chi connectivity index (χ3n) is 3.00. The maximum atomic E-state index is 5.38. The van der Waals surface area contributed by atoms with Crippen LogP contribution in [0.2, 0.25) is 0 Å². The molecule has 2 aromatic heterocycles. The van der Waals surface area contributed by atoms with Gasteiger partial charge in [-0.25, -0.2) is 0 Å². The summed E-state index contributed by atoms with van der Waals surface area (Å²) < 4.78 is 8.48. The van der Waals surface area contributed by atoms with E-state index in [0.717, 1.165) is 29.0 Å². The quantitative estimate of drug-likeness (QED) is 0.920. The van der Waals surface area contributed by atoms with E-state index in [0.29, 0.717) is 0 Å². The number of furan rings is 1. The van der Waals surface area contributed by atoms with E-state index in [1.807, 2.05) is 23.7 Å². The molecule has 98 valence electrons. The number of hydrogen-bond donors (Lipinski definition) is 1. The Morgan fingerprint density at radius 1 is 1.56 bits per heavy atom. The molecule has 1 atom stereocenters. The highest BCUT2D eigenvalue weighted by molar-refractivity contribution is 9.10. The van der Waals surface area contributed by atoms with E-state index in [-0.39, 0.29) is 6.04 Å². The number of aromatic nitrogens is 2. The number of nitrogens with zero attached hydrogens (tertiary/aromatic N) is 2. The lowest BCUT2D eigenvalue weighted by molar-refractivity contribution is 0.423. The van der Waals surface area contributed by atoms with Gasteiger partial charge in [-0.1, -0.05) is 0 Å². The van der Waals surface area contributed by atoms with E-state index < -0.39 is 0 Å². The van der Waals surface area contributed by atoms with Crippen LogP contribution in [0.3, 0.4) is 0 Å². The normalized spacial score (nSPS) is 12.9. The number of hydrogen-bond acceptors (Lipinski definition) is 3. The first-order valence-corrected chi connectivity index (χ1v) is 6.91. The number of aryl methyl sites for hydroxylation is 2. The highest BCUT2D eigenvalue weighted by Gasteiger charge is 2.14. The SMILES string of the molecule is CCn1nc(C)c(Br)c1CNC(C)c1ccco1. The molecule has 1 unspecified atom stereocenters. The molecule has 0 saturated carbocycles. The Balaban J connectivity index is 2.06. The first kappa shape index (κ1) is 13.4. The molecule has 4 nitrogen and oxygen atoms in total. The van der Waals surface area contributed by atoms with Gasteiger partial charge in [-0.3, -0.25) is 4.68 Å². The summed E-state index contributed by atoms with van der Waals surface area (Å²) in [6.45, 7) is 7.83. The number of halogens is 1. The largest absolute Gasteiger partial charge is 0.468 e. The van der Waals surface area contributed by atoms with E-state index in [1.54, 1.807) is 6.26 Å². The van der Waals surface area contributed by atoms with Crippen molar-refractivity contribution in [1.82, 2.24) is 15.1 Å². The Bertz CT molecular complexity index is 505. The molecule has 0 bridgehead atoms. The summed E-state index contributed by atoms with van der Waals surface area (Å²) in [7, 11) is 0. The van der Waals surface area contributed by atoms with E-state index in [2.05, 4.69) is 40.2 Å². The Morgan fingerprint density at radius 2 is 2.33 bits per heavy atom. The molecule has 0 aliphatic heterocycles. The van der Waals surface area contributed by atoms with Gasteiger partial charge >= 0.3 is 0 Å². The maximum absolute atomic E-state index is 5.38. The van der Waals surface area contributed by atoms with Crippen molar-refractivity contribution >= 4 is 15.9 Å². The lowest BCUT2D eigenvalue weighted by Gasteiger charge is -2.12. The van der Waals surface area contributed by atoms with Crippen molar-refractivity contribution in [3.63, 3.8) is 0 Å². The first-order chi connectivity index (χ1) is 8.63. The molecular formula is C13H18BrN3O. The highest BCUT2D eigenvalue weighted by atomic mass is 79.9. The molecule has 0 aliphatic carbocycles. The number of rotatable bonds is 5. The summed E-state index contributed by atoms with van der Waals surface area (Å²) in [6, 6.07) is 4.08. The van der Waals surface area contributed by atoms with Gasteiger partial charge in [0.25, 0.3) is 0 Å². The van der Waals surface area contributed by atoms with Crippen molar-refractivity contribution in [2.75, 3.05) is 0 Å². The van der Waals surface area contributed by atoms with Crippen LogP contribution in [0.15, 0.2) is 27.3 Å². The standard InChI is InChI=1S/C13H18BrN3O/c1-4-17-11(13(14)10(3)16-17)8-15-9(2)12-6-5-7-18-12/h5-7,9,15H,4,8H2,1-3H3. The fourth-order valence-corrected chi connectivity index (χ4v) is 2.35. The lowest BCUT2D eigenvalue weighted by atomic mass is 10.2. The summed E-state index contributed by atoms with van der Waals surface area (Å²) in [5, 5.41) is 7.92. The van der Waals surface area contributed by atoms with Gasteiger partial charge in [-0.05, 0) is 48.8 Å². The van der Waals surface area contributed by atoms with Crippen LogP contribution in [-0.2, 0) is 13.1 Å². The molecule has 18 heavy (non-hydrogen) atoms. The molecule has 0 spiro atoms. The average molecular weight is 312 g/mol. The van der Waals surface area contributed by atoms with Crippen LogP contribution in [0.4, 0.5) is 0 Å². The van der Waals surface area contributed by atoms with Gasteiger partial charge in [0.1, 0.15) is 5.76 Å². The molecule has 0 radical (unpaired) electrons. The van der Waals surface area contributed by atoms with E-state index in [9.17, 15) is 0 Å². The summed E-state index contributed by atoms with van der Waals surface area (Å²) in [6.07, 6.45) is 1.70. The third kappa shape index (κ3) is 2.67. The summed E-state index contributed by atoms with van der Waals surface area (Å²) in [5.41, 5.74) is 2.20. The Kier molecular flexibility index (Phi) is 4.24. The molecule has 0 aliphatic rings. The minimum atomic E-state index is 0.187. The molecule has 2 rings (SSSR count). The van der Waals surface area contributed by atoms with Crippen LogP contribution in [0, 0.1) is 6.92 Å². The molecule has 5 heteroatoms. The van der Waals surface area contributed by atoms with E-state index in [1.165, 1.54) is 5.69 Å². The Labute approximate surface area is 115 Å². The van der Waals surface area contributed by atoms with Crippen LogP contribution in [-0.4, -0.2) is 9.78 Å². The van der Waals surface area contributed by atoms with Gasteiger partial charge in [-0.2, -0.15) is 5.10 Å². The molecule has 2 heterocycles. The highest BCUT2D eigenvalue weighted by Crippen LogP contribution is 2.22. The first-order valence-electron chi connectivity index (χ1n) is 6.12. The van der Waals surface area contributed by atoms with Crippen LogP contribution in [0.25, 0.3) is 0 Å². The van der Waals surface area contributed by atoms with Crippen LogP contribution < -0.4 is 5.32 Å². The number of nitrogens with one attached hydrogen (secondary N) is 1. The fourth-order valence-electron chi connectivity index (χ4n) is 1.93. The molecule has 0 saturated heterocycles. The molecular weight excluding hydrogens is 294 g/mol. The smallest absolute Gasteiger partial charge is 0.120 e. The minimum Gasteiger partial charge on any atom is -0.468 e. The summed E-state index contributed by atoms with van der Waals surface area (Å²) in [5.74, 6) is 0.949. The molecule has 0 amide bonds. The van der Waals surface area contributed by atoms with Crippen molar-refractivity contribution in [2.24, 2.45) is 0 Å². The topological polar surface area (TPSA) is 43.0 Å². The molecule has 1 N–H and O–H groups in total. The second-order valence-corrected chi connectivity index (χ2v) is 5.07. The Morgan fingerprint density at radius 3 is 2.94 bits per heavy atom. The molecule has 0 aromatic carbocycles. The van der Waals surface area contributed by atoms with Gasteiger partial charge in [0.05, 0.1) is 28.2 Å². The van der Waals surface area contributed by atoms with Crippen molar-refractivity contribution in [1.29, 1.82) is 0 Å². The molecule has 2 aromatic rings. The molecule has 0 fully saturated rings. The van der Waals surface area contributed by atoms with Crippen LogP contribution in [0.1, 0.15) is 37.0 Å². The van der Waals surface area contributed by atoms with Gasteiger partial charge in [0.15, 0.2) is 0 Å². The zero-order valence-electron chi connectivity index (χ0n) is 10.9. The monoisotopic (exact) mass is 311 g/mol. The predicted molar refractivity (Wildman–Crippen MR) is 74.3 cm³/mol. The minimum absolute atomic E-state index is 0.187. The zero-order chi connectivity index (χ0) is 13.1. The van der Waals surface area contributed by atoms with Gasteiger partial charge in [0, 0.05) is 13.1 Å². The Hall–Kier alpha value is -1.07.